The fourth-order valence-electron chi connectivity index (χ4n) is 1.78. The van der Waals surface area contributed by atoms with Crippen molar-refractivity contribution < 1.29 is 14.6 Å². The van der Waals surface area contributed by atoms with Gasteiger partial charge in [-0.1, -0.05) is 19.1 Å². The molecular weight excluding hydrogens is 168 g/mol. The third-order valence-electron chi connectivity index (χ3n) is 2.54. The first-order valence-electron chi connectivity index (χ1n) is 4.97. The Kier molecular flexibility index (Phi) is 2.67. The van der Waals surface area contributed by atoms with Gasteiger partial charge in [-0.2, -0.15) is 0 Å². The highest BCUT2D eigenvalue weighted by Crippen LogP contribution is 2.39. The second-order valence-electron chi connectivity index (χ2n) is 3.59. The van der Waals surface area contributed by atoms with Gasteiger partial charge in [0.2, 0.25) is 0 Å². The average molecular weight is 184 g/mol. The van der Waals surface area contributed by atoms with Crippen LogP contribution in [0.25, 0.3) is 0 Å². The summed E-state index contributed by atoms with van der Waals surface area (Å²) in [6.07, 6.45) is 6.93. The minimum absolute atomic E-state index is 0.0276. The van der Waals surface area contributed by atoms with Crippen molar-refractivity contribution in [3.05, 3.63) is 12.2 Å². The molecule has 0 aromatic rings. The summed E-state index contributed by atoms with van der Waals surface area (Å²) in [5, 5.41) is 9.25. The number of hydrogen-bond acceptors (Lipinski definition) is 3. The molecule has 2 rings (SSSR count). The van der Waals surface area contributed by atoms with Crippen molar-refractivity contribution in [2.45, 2.75) is 50.8 Å². The molecule has 0 aromatic heterocycles. The van der Waals surface area contributed by atoms with Crippen LogP contribution in [0.1, 0.15) is 26.2 Å². The van der Waals surface area contributed by atoms with Crippen molar-refractivity contribution in [3.63, 3.8) is 0 Å². The smallest absolute Gasteiger partial charge is 0.184 e. The van der Waals surface area contributed by atoms with E-state index in [9.17, 15) is 5.11 Å². The normalized spacial score (nSPS) is 42.6. The zero-order valence-electron chi connectivity index (χ0n) is 7.85. The van der Waals surface area contributed by atoms with Gasteiger partial charge in [-0.15, -0.1) is 0 Å². The summed E-state index contributed by atoms with van der Waals surface area (Å²) >= 11 is 0. The molecule has 74 valence electrons. The fraction of sp³-hybridized carbons (Fsp3) is 0.800. The number of aliphatic hydroxyl groups is 1. The molecule has 1 unspecified atom stereocenters. The van der Waals surface area contributed by atoms with E-state index in [4.69, 9.17) is 9.47 Å². The summed E-state index contributed by atoms with van der Waals surface area (Å²) in [6, 6.07) is 0. The lowest BCUT2D eigenvalue weighted by molar-refractivity contribution is -0.141. The Balaban J connectivity index is 1.69. The van der Waals surface area contributed by atoms with Crippen LogP contribution >= 0.6 is 0 Å². The van der Waals surface area contributed by atoms with Gasteiger partial charge in [0.15, 0.2) is 6.29 Å². The Morgan fingerprint density at radius 1 is 1.23 bits per heavy atom. The molecule has 1 N–H and O–H groups in total. The van der Waals surface area contributed by atoms with Gasteiger partial charge in [-0.25, -0.2) is 0 Å². The molecule has 0 bridgehead atoms. The Labute approximate surface area is 78.3 Å². The van der Waals surface area contributed by atoms with Gasteiger partial charge < -0.3 is 14.6 Å². The maximum absolute atomic E-state index is 9.25. The molecule has 2 aliphatic heterocycles. The van der Waals surface area contributed by atoms with Crippen LogP contribution in [0.3, 0.4) is 0 Å². The zero-order valence-corrected chi connectivity index (χ0v) is 7.85. The molecule has 3 nitrogen and oxygen atoms in total. The minimum atomic E-state index is -0.676. The van der Waals surface area contributed by atoms with E-state index in [0.717, 1.165) is 19.3 Å². The van der Waals surface area contributed by atoms with E-state index in [-0.39, 0.29) is 18.3 Å². The van der Waals surface area contributed by atoms with Crippen LogP contribution in [0.15, 0.2) is 12.2 Å². The van der Waals surface area contributed by atoms with Crippen molar-refractivity contribution in [2.75, 3.05) is 0 Å². The number of ether oxygens (including phenoxy) is 2. The van der Waals surface area contributed by atoms with Crippen LogP contribution in [-0.4, -0.2) is 29.7 Å². The zero-order chi connectivity index (χ0) is 9.26. The van der Waals surface area contributed by atoms with Gasteiger partial charge in [0.25, 0.3) is 0 Å². The molecule has 2 heterocycles. The van der Waals surface area contributed by atoms with Crippen LogP contribution < -0.4 is 0 Å². The summed E-state index contributed by atoms with van der Waals surface area (Å²) in [7, 11) is 0. The van der Waals surface area contributed by atoms with Crippen LogP contribution in [0.2, 0.25) is 0 Å². The van der Waals surface area contributed by atoms with Gasteiger partial charge in [0, 0.05) is 0 Å². The molecule has 2 fully saturated rings. The summed E-state index contributed by atoms with van der Waals surface area (Å²) < 4.78 is 10.5. The summed E-state index contributed by atoms with van der Waals surface area (Å²) in [4.78, 5) is 0. The lowest BCUT2D eigenvalue weighted by Crippen LogP contribution is -2.18. The lowest BCUT2D eigenvalue weighted by atomic mass is 10.1. The highest BCUT2D eigenvalue weighted by atomic mass is 16.7. The number of epoxide rings is 1. The van der Waals surface area contributed by atoms with Gasteiger partial charge >= 0.3 is 0 Å². The van der Waals surface area contributed by atoms with Crippen molar-refractivity contribution >= 4 is 0 Å². The first kappa shape index (κ1) is 9.19. The molecule has 0 amide bonds. The van der Waals surface area contributed by atoms with E-state index >= 15 is 0 Å². The Morgan fingerprint density at radius 2 is 2.08 bits per heavy atom. The average Bonchev–Trinajstić information content (AvgIpc) is 2.84. The molecule has 2 aliphatic rings. The second kappa shape index (κ2) is 3.78. The lowest BCUT2D eigenvalue weighted by Gasteiger charge is -2.12. The molecule has 13 heavy (non-hydrogen) atoms. The van der Waals surface area contributed by atoms with Gasteiger partial charge in [0.05, 0.1) is 6.10 Å². The van der Waals surface area contributed by atoms with Crippen LogP contribution in [0.4, 0.5) is 0 Å². The molecule has 0 radical (unpaired) electrons. The maximum Gasteiger partial charge on any atom is 0.184 e. The highest BCUT2D eigenvalue weighted by Gasteiger charge is 2.57. The molecule has 0 aromatic carbocycles. The van der Waals surface area contributed by atoms with E-state index < -0.39 is 6.29 Å². The molecule has 2 saturated heterocycles. The Bertz CT molecular complexity index is 202. The van der Waals surface area contributed by atoms with Crippen LogP contribution in [0.5, 0.6) is 0 Å². The Hall–Kier alpha value is -0.380. The predicted octanol–water partition coefficient (Wildman–Crippen LogP) is 1.22. The quantitative estimate of drug-likeness (QED) is 0.527. The van der Waals surface area contributed by atoms with E-state index in [0.29, 0.717) is 0 Å². The SMILES string of the molecule is CC/C=C/CC[C@H]1OC(O)[C@@H]2O[C@H]12. The maximum atomic E-state index is 9.25. The van der Waals surface area contributed by atoms with Gasteiger partial charge in [0.1, 0.15) is 12.2 Å². The van der Waals surface area contributed by atoms with E-state index in [1.165, 1.54) is 0 Å². The molecular formula is C10H16O3. The number of fused-ring (bicyclic) bond motifs is 1. The van der Waals surface area contributed by atoms with Crippen LogP contribution in [-0.2, 0) is 9.47 Å². The third kappa shape index (κ3) is 1.93. The molecule has 0 saturated carbocycles. The molecule has 3 heteroatoms. The first-order chi connectivity index (χ1) is 6.33. The monoisotopic (exact) mass is 184 g/mol. The topological polar surface area (TPSA) is 42.0 Å². The number of rotatable bonds is 4. The van der Waals surface area contributed by atoms with Crippen molar-refractivity contribution in [1.29, 1.82) is 0 Å². The van der Waals surface area contributed by atoms with E-state index in [2.05, 4.69) is 19.1 Å². The number of hydrogen-bond donors (Lipinski definition) is 1. The number of allylic oxidation sites excluding steroid dienone is 2. The summed E-state index contributed by atoms with van der Waals surface area (Å²) in [5.74, 6) is 0. The molecule has 0 aliphatic carbocycles. The fourth-order valence-corrected chi connectivity index (χ4v) is 1.78. The summed E-state index contributed by atoms with van der Waals surface area (Å²) in [6.45, 7) is 2.12. The van der Waals surface area contributed by atoms with Crippen molar-refractivity contribution in [1.82, 2.24) is 0 Å². The van der Waals surface area contributed by atoms with Gasteiger partial charge in [-0.3, -0.25) is 0 Å². The predicted molar refractivity (Wildman–Crippen MR) is 48.2 cm³/mol. The molecule has 0 spiro atoms. The largest absolute Gasteiger partial charge is 0.366 e. The standard InChI is InChI=1S/C10H16O3/c1-2-3-4-5-6-7-8-9(13-8)10(11)12-7/h3-4,7-11H,2,5-6H2,1H3/b4-3+/t7-,8-,9-,10?/m1/s1. The van der Waals surface area contributed by atoms with E-state index in [1.54, 1.807) is 0 Å². The highest BCUT2D eigenvalue weighted by molar-refractivity contribution is 5.00. The second-order valence-corrected chi connectivity index (χ2v) is 3.59. The number of aliphatic hydroxyl groups excluding tert-OH is 1. The first-order valence-corrected chi connectivity index (χ1v) is 4.97. The third-order valence-corrected chi connectivity index (χ3v) is 2.54. The van der Waals surface area contributed by atoms with Crippen molar-refractivity contribution in [2.24, 2.45) is 0 Å². The minimum Gasteiger partial charge on any atom is -0.366 e. The van der Waals surface area contributed by atoms with E-state index in [1.807, 2.05) is 0 Å². The summed E-state index contributed by atoms with van der Waals surface area (Å²) in [5.41, 5.74) is 0. The van der Waals surface area contributed by atoms with Gasteiger partial charge in [-0.05, 0) is 19.3 Å². The van der Waals surface area contributed by atoms with Crippen molar-refractivity contribution in [3.8, 4) is 0 Å². The Morgan fingerprint density at radius 3 is 2.62 bits per heavy atom. The van der Waals surface area contributed by atoms with Crippen LogP contribution in [0, 0.1) is 0 Å². The molecule has 4 atom stereocenters.